The Labute approximate surface area is 134 Å². The van der Waals surface area contributed by atoms with E-state index < -0.39 is 0 Å². The molecule has 120 valence electrons. The van der Waals surface area contributed by atoms with Crippen molar-refractivity contribution in [2.45, 2.75) is 44.9 Å². The molecule has 4 aliphatic carbocycles. The van der Waals surface area contributed by atoms with Crippen LogP contribution in [0, 0.1) is 29.6 Å². The first-order valence-electron chi connectivity index (χ1n) is 9.23. The maximum absolute atomic E-state index is 6.06. The monoisotopic (exact) mass is 299 g/mol. The lowest BCUT2D eigenvalue weighted by atomic mass is 9.51. The van der Waals surface area contributed by atoms with Gasteiger partial charge >= 0.3 is 0 Å². The molecule has 0 unspecified atom stereocenters. The van der Waals surface area contributed by atoms with Gasteiger partial charge in [-0.05, 0) is 98.8 Å². The lowest BCUT2D eigenvalue weighted by Gasteiger charge is -2.54. The topological polar surface area (TPSA) is 35.2 Å². The standard InChI is InChI=1S/C20H29NO/c21-6-4-14-2-1-3-19(13-14)22-7-5-20-17-9-15-8-16(11-17)12-18(20)10-15/h1-3,13,15-18,20H,4-12,21H2. The van der Waals surface area contributed by atoms with Gasteiger partial charge in [-0.3, -0.25) is 0 Å². The molecule has 4 saturated carbocycles. The first-order chi connectivity index (χ1) is 10.8. The molecule has 4 fully saturated rings. The van der Waals surface area contributed by atoms with Crippen LogP contribution in [-0.2, 0) is 6.42 Å². The van der Waals surface area contributed by atoms with E-state index in [1.807, 2.05) is 0 Å². The van der Waals surface area contributed by atoms with E-state index in [1.165, 1.54) is 37.7 Å². The number of hydrogen-bond acceptors (Lipinski definition) is 2. The zero-order chi connectivity index (χ0) is 14.9. The molecule has 2 N–H and O–H groups in total. The number of ether oxygens (including phenoxy) is 1. The average molecular weight is 299 g/mol. The molecule has 0 atom stereocenters. The summed E-state index contributed by atoms with van der Waals surface area (Å²) in [5.41, 5.74) is 6.92. The van der Waals surface area contributed by atoms with Crippen LogP contribution in [-0.4, -0.2) is 13.2 Å². The molecule has 0 aliphatic heterocycles. The fourth-order valence-corrected chi connectivity index (χ4v) is 5.78. The Balaban J connectivity index is 1.31. The fourth-order valence-electron chi connectivity index (χ4n) is 5.78. The summed E-state index contributed by atoms with van der Waals surface area (Å²) in [7, 11) is 0. The van der Waals surface area contributed by atoms with Crippen molar-refractivity contribution < 1.29 is 4.74 Å². The molecule has 2 nitrogen and oxygen atoms in total. The van der Waals surface area contributed by atoms with Gasteiger partial charge in [0, 0.05) is 0 Å². The smallest absolute Gasteiger partial charge is 0.119 e. The van der Waals surface area contributed by atoms with Crippen molar-refractivity contribution in [2.24, 2.45) is 35.3 Å². The van der Waals surface area contributed by atoms with Crippen molar-refractivity contribution in [3.8, 4) is 5.75 Å². The number of nitrogens with two attached hydrogens (primary N) is 1. The van der Waals surface area contributed by atoms with Gasteiger partial charge in [-0.15, -0.1) is 0 Å². The molecule has 0 aromatic heterocycles. The molecular weight excluding hydrogens is 270 g/mol. The number of hydrogen-bond donors (Lipinski definition) is 1. The second kappa shape index (κ2) is 6.23. The van der Waals surface area contributed by atoms with Crippen LogP contribution in [0.25, 0.3) is 0 Å². The lowest BCUT2D eigenvalue weighted by molar-refractivity contribution is -0.0435. The van der Waals surface area contributed by atoms with Crippen LogP contribution in [0.3, 0.4) is 0 Å². The Morgan fingerprint density at radius 3 is 2.41 bits per heavy atom. The average Bonchev–Trinajstić information content (AvgIpc) is 2.50. The predicted octanol–water partition coefficient (Wildman–Crippen LogP) is 4.03. The van der Waals surface area contributed by atoms with Crippen LogP contribution in [0.15, 0.2) is 24.3 Å². The van der Waals surface area contributed by atoms with Crippen LogP contribution < -0.4 is 10.5 Å². The zero-order valence-electron chi connectivity index (χ0n) is 13.5. The minimum Gasteiger partial charge on any atom is -0.494 e. The molecule has 0 heterocycles. The predicted molar refractivity (Wildman–Crippen MR) is 89.8 cm³/mol. The third kappa shape index (κ3) is 2.90. The van der Waals surface area contributed by atoms with Crippen LogP contribution in [0.4, 0.5) is 0 Å². The first kappa shape index (κ1) is 14.6. The summed E-state index contributed by atoms with van der Waals surface area (Å²) in [5, 5.41) is 0. The maximum atomic E-state index is 6.06. The van der Waals surface area contributed by atoms with Gasteiger partial charge in [0.15, 0.2) is 0 Å². The largest absolute Gasteiger partial charge is 0.494 e. The van der Waals surface area contributed by atoms with E-state index in [2.05, 4.69) is 24.3 Å². The molecule has 4 aliphatic rings. The molecule has 1 aromatic carbocycles. The second-order valence-corrected chi connectivity index (χ2v) is 7.92. The van der Waals surface area contributed by atoms with Gasteiger partial charge in [0.05, 0.1) is 6.61 Å². The first-order valence-corrected chi connectivity index (χ1v) is 9.23. The van der Waals surface area contributed by atoms with Crippen LogP contribution in [0.1, 0.15) is 44.1 Å². The summed E-state index contributed by atoms with van der Waals surface area (Å²) < 4.78 is 6.06. The fraction of sp³-hybridized carbons (Fsp3) is 0.700. The van der Waals surface area contributed by atoms with Gasteiger partial charge < -0.3 is 10.5 Å². The minimum absolute atomic E-state index is 0.706. The summed E-state index contributed by atoms with van der Waals surface area (Å²) in [6, 6.07) is 8.46. The zero-order valence-corrected chi connectivity index (χ0v) is 13.5. The minimum atomic E-state index is 0.706. The normalized spacial score (nSPS) is 35.8. The Bertz CT molecular complexity index is 484. The molecule has 0 radical (unpaired) electrons. The SMILES string of the molecule is NCCc1cccc(OCCC2C3CC4CC(C3)CC2C4)c1. The van der Waals surface area contributed by atoms with E-state index in [4.69, 9.17) is 10.5 Å². The van der Waals surface area contributed by atoms with E-state index in [-0.39, 0.29) is 0 Å². The quantitative estimate of drug-likeness (QED) is 0.860. The van der Waals surface area contributed by atoms with Gasteiger partial charge in [0.2, 0.25) is 0 Å². The Morgan fingerprint density at radius 1 is 1.00 bits per heavy atom. The third-order valence-electron chi connectivity index (χ3n) is 6.47. The molecule has 22 heavy (non-hydrogen) atoms. The number of benzene rings is 1. The van der Waals surface area contributed by atoms with E-state index in [0.29, 0.717) is 6.54 Å². The summed E-state index contributed by atoms with van der Waals surface area (Å²) in [6.45, 7) is 1.59. The second-order valence-electron chi connectivity index (χ2n) is 7.92. The summed E-state index contributed by atoms with van der Waals surface area (Å²) in [6.07, 6.45) is 9.81. The highest BCUT2D eigenvalue weighted by Crippen LogP contribution is 2.57. The highest BCUT2D eigenvalue weighted by atomic mass is 16.5. The van der Waals surface area contributed by atoms with Gasteiger partial charge in [0.25, 0.3) is 0 Å². The highest BCUT2D eigenvalue weighted by molar-refractivity contribution is 5.28. The maximum Gasteiger partial charge on any atom is 0.119 e. The summed E-state index contributed by atoms with van der Waals surface area (Å²) in [5.74, 6) is 6.15. The van der Waals surface area contributed by atoms with Crippen LogP contribution >= 0.6 is 0 Å². The van der Waals surface area contributed by atoms with E-state index in [9.17, 15) is 0 Å². The van der Waals surface area contributed by atoms with Crippen molar-refractivity contribution >= 4 is 0 Å². The van der Waals surface area contributed by atoms with Crippen molar-refractivity contribution in [3.05, 3.63) is 29.8 Å². The van der Waals surface area contributed by atoms with Crippen molar-refractivity contribution in [1.29, 1.82) is 0 Å². The van der Waals surface area contributed by atoms with Crippen molar-refractivity contribution in [1.82, 2.24) is 0 Å². The molecule has 4 bridgehead atoms. The molecule has 0 saturated heterocycles. The Kier molecular flexibility index (Phi) is 4.13. The van der Waals surface area contributed by atoms with Crippen LogP contribution in [0.2, 0.25) is 0 Å². The van der Waals surface area contributed by atoms with Gasteiger partial charge in [-0.25, -0.2) is 0 Å². The van der Waals surface area contributed by atoms with Gasteiger partial charge in [-0.1, -0.05) is 12.1 Å². The van der Waals surface area contributed by atoms with E-state index in [0.717, 1.165) is 48.4 Å². The van der Waals surface area contributed by atoms with E-state index in [1.54, 1.807) is 6.42 Å². The molecule has 0 spiro atoms. The summed E-state index contributed by atoms with van der Waals surface area (Å²) in [4.78, 5) is 0. The highest BCUT2D eigenvalue weighted by Gasteiger charge is 2.47. The molecular formula is C20H29NO. The third-order valence-corrected chi connectivity index (χ3v) is 6.47. The number of rotatable bonds is 6. The van der Waals surface area contributed by atoms with E-state index >= 15 is 0 Å². The molecule has 2 heteroatoms. The van der Waals surface area contributed by atoms with Gasteiger partial charge in [0.1, 0.15) is 5.75 Å². The molecule has 1 aromatic rings. The van der Waals surface area contributed by atoms with Crippen molar-refractivity contribution in [3.63, 3.8) is 0 Å². The summed E-state index contributed by atoms with van der Waals surface area (Å²) >= 11 is 0. The van der Waals surface area contributed by atoms with Gasteiger partial charge in [-0.2, -0.15) is 0 Å². The van der Waals surface area contributed by atoms with Crippen molar-refractivity contribution in [2.75, 3.05) is 13.2 Å². The Morgan fingerprint density at radius 2 is 1.73 bits per heavy atom. The molecule has 0 amide bonds. The lowest BCUT2D eigenvalue weighted by Crippen LogP contribution is -2.45. The molecule has 5 rings (SSSR count). The Hall–Kier alpha value is -1.02. The van der Waals surface area contributed by atoms with Crippen LogP contribution in [0.5, 0.6) is 5.75 Å².